The molecule has 0 radical (unpaired) electrons. The highest BCUT2D eigenvalue weighted by Crippen LogP contribution is 2.27. The van der Waals surface area contributed by atoms with Crippen molar-refractivity contribution in [1.29, 1.82) is 0 Å². The Morgan fingerprint density at radius 2 is 1.60 bits per heavy atom. The van der Waals surface area contributed by atoms with Crippen LogP contribution in [0.4, 0.5) is 10.5 Å². The lowest BCUT2D eigenvalue weighted by molar-refractivity contribution is 0.269. The molecule has 1 amide bonds. The van der Waals surface area contributed by atoms with Gasteiger partial charge in [0.2, 0.25) is 0 Å². The van der Waals surface area contributed by atoms with E-state index in [0.717, 1.165) is 16.7 Å². The van der Waals surface area contributed by atoms with Crippen molar-refractivity contribution < 1.29 is 14.3 Å². The van der Waals surface area contributed by atoms with Crippen LogP contribution >= 0.6 is 11.8 Å². The predicted molar refractivity (Wildman–Crippen MR) is 80.9 cm³/mol. The Labute approximate surface area is 122 Å². The number of thioether (sulfide) groups is 1. The minimum atomic E-state index is -0.161. The zero-order chi connectivity index (χ0) is 14.4. The van der Waals surface area contributed by atoms with Crippen LogP contribution in [0.25, 0.3) is 0 Å². The first kappa shape index (κ1) is 14.3. The fourth-order valence-corrected chi connectivity index (χ4v) is 2.29. The van der Waals surface area contributed by atoms with E-state index in [9.17, 15) is 4.79 Å². The molecule has 0 aromatic heterocycles. The molecular formula is C15H15NO3S. The number of hydrogen-bond donors (Lipinski definition) is 1. The zero-order valence-electron chi connectivity index (χ0n) is 11.3. The van der Waals surface area contributed by atoms with E-state index in [1.807, 2.05) is 30.3 Å². The number of nitrogens with one attached hydrogen (secondary N) is 1. The van der Waals surface area contributed by atoms with E-state index in [1.54, 1.807) is 32.4 Å². The average Bonchev–Trinajstić information content (AvgIpc) is 2.47. The van der Waals surface area contributed by atoms with Gasteiger partial charge in [-0.25, -0.2) is 0 Å². The molecule has 1 N–H and O–H groups in total. The first-order valence-electron chi connectivity index (χ1n) is 5.98. The van der Waals surface area contributed by atoms with E-state index in [1.165, 1.54) is 0 Å². The smallest absolute Gasteiger partial charge is 0.288 e. The molecule has 0 saturated carbocycles. The minimum absolute atomic E-state index is 0.161. The zero-order valence-corrected chi connectivity index (χ0v) is 12.1. The molecule has 104 valence electrons. The second-order valence-corrected chi connectivity index (χ2v) is 4.98. The highest BCUT2D eigenvalue weighted by atomic mass is 32.2. The van der Waals surface area contributed by atoms with Crippen molar-refractivity contribution in [3.8, 4) is 11.5 Å². The van der Waals surface area contributed by atoms with Crippen LogP contribution in [0, 0.1) is 0 Å². The number of benzene rings is 2. The second-order valence-electron chi connectivity index (χ2n) is 3.93. The third kappa shape index (κ3) is 3.93. The minimum Gasteiger partial charge on any atom is -0.497 e. The third-order valence-electron chi connectivity index (χ3n) is 2.55. The van der Waals surface area contributed by atoms with Gasteiger partial charge in [0.05, 0.1) is 14.2 Å². The lowest BCUT2D eigenvalue weighted by Crippen LogP contribution is -2.05. The van der Waals surface area contributed by atoms with Gasteiger partial charge in [-0.05, 0) is 23.9 Å². The van der Waals surface area contributed by atoms with Gasteiger partial charge in [0.15, 0.2) is 0 Å². The van der Waals surface area contributed by atoms with E-state index in [-0.39, 0.29) is 5.24 Å². The van der Waals surface area contributed by atoms with Crippen molar-refractivity contribution in [1.82, 2.24) is 0 Å². The van der Waals surface area contributed by atoms with E-state index < -0.39 is 0 Å². The van der Waals surface area contributed by atoms with Gasteiger partial charge in [-0.1, -0.05) is 18.2 Å². The van der Waals surface area contributed by atoms with Gasteiger partial charge in [-0.3, -0.25) is 4.79 Å². The molecule has 0 bridgehead atoms. The molecule has 0 aliphatic rings. The summed E-state index contributed by atoms with van der Waals surface area (Å²) in [5, 5.41) is 2.64. The predicted octanol–water partition coefficient (Wildman–Crippen LogP) is 4.03. The number of carbonyl (C=O) groups is 1. The number of amides is 1. The molecule has 2 aromatic carbocycles. The van der Waals surface area contributed by atoms with Crippen molar-refractivity contribution in [2.24, 2.45) is 0 Å². The summed E-state index contributed by atoms with van der Waals surface area (Å²) in [6.45, 7) is 0. The molecule has 0 unspecified atom stereocenters. The standard InChI is InChI=1S/C15H15NO3S/c1-18-12-8-11(9-13(10-12)19-2)16-15(17)20-14-6-4-3-5-7-14/h3-10H,1-2H3,(H,16,17). The Morgan fingerprint density at radius 1 is 1.00 bits per heavy atom. The van der Waals surface area contributed by atoms with Gasteiger partial charge in [0, 0.05) is 28.8 Å². The number of hydrogen-bond acceptors (Lipinski definition) is 4. The van der Waals surface area contributed by atoms with E-state index in [4.69, 9.17) is 9.47 Å². The summed E-state index contributed by atoms with van der Waals surface area (Å²) < 4.78 is 10.3. The van der Waals surface area contributed by atoms with E-state index >= 15 is 0 Å². The Morgan fingerprint density at radius 3 is 2.15 bits per heavy atom. The third-order valence-corrected chi connectivity index (χ3v) is 3.35. The number of carbonyl (C=O) groups excluding carboxylic acids is 1. The molecule has 20 heavy (non-hydrogen) atoms. The summed E-state index contributed by atoms with van der Waals surface area (Å²) in [7, 11) is 3.14. The summed E-state index contributed by atoms with van der Waals surface area (Å²) in [5.74, 6) is 1.26. The van der Waals surface area contributed by atoms with Gasteiger partial charge >= 0.3 is 0 Å². The lowest BCUT2D eigenvalue weighted by Gasteiger charge is -2.09. The first-order valence-corrected chi connectivity index (χ1v) is 6.80. The molecular weight excluding hydrogens is 274 g/mol. The van der Waals surface area contributed by atoms with Gasteiger partial charge in [0.1, 0.15) is 11.5 Å². The maximum absolute atomic E-state index is 12.0. The molecule has 0 atom stereocenters. The van der Waals surface area contributed by atoms with Crippen molar-refractivity contribution in [2.75, 3.05) is 19.5 Å². The summed E-state index contributed by atoms with van der Waals surface area (Å²) in [5.41, 5.74) is 0.634. The number of anilines is 1. The molecule has 5 heteroatoms. The summed E-state index contributed by atoms with van der Waals surface area (Å²) in [4.78, 5) is 12.8. The largest absolute Gasteiger partial charge is 0.497 e. The molecule has 0 aliphatic carbocycles. The molecule has 2 rings (SSSR count). The van der Waals surface area contributed by atoms with Crippen molar-refractivity contribution in [2.45, 2.75) is 4.90 Å². The normalized spacial score (nSPS) is 9.90. The van der Waals surface area contributed by atoms with Crippen LogP contribution in [0.1, 0.15) is 0 Å². The maximum Gasteiger partial charge on any atom is 0.288 e. The average molecular weight is 289 g/mol. The Balaban J connectivity index is 2.07. The molecule has 0 aliphatic heterocycles. The van der Waals surface area contributed by atoms with Crippen LogP contribution in [0.5, 0.6) is 11.5 Å². The van der Waals surface area contributed by atoms with Crippen LogP contribution in [0.3, 0.4) is 0 Å². The maximum atomic E-state index is 12.0. The van der Waals surface area contributed by atoms with Crippen LogP contribution in [0.15, 0.2) is 53.4 Å². The summed E-state index contributed by atoms with van der Waals surface area (Å²) in [6, 6.07) is 14.7. The molecule has 4 nitrogen and oxygen atoms in total. The Bertz CT molecular complexity index is 565. The van der Waals surface area contributed by atoms with Gasteiger partial charge in [-0.15, -0.1) is 0 Å². The van der Waals surface area contributed by atoms with Crippen molar-refractivity contribution in [3.63, 3.8) is 0 Å². The van der Waals surface area contributed by atoms with Crippen LogP contribution < -0.4 is 14.8 Å². The van der Waals surface area contributed by atoms with Crippen molar-refractivity contribution in [3.05, 3.63) is 48.5 Å². The van der Waals surface area contributed by atoms with Gasteiger partial charge in [-0.2, -0.15) is 0 Å². The van der Waals surface area contributed by atoms with Crippen molar-refractivity contribution >= 4 is 22.7 Å². The number of ether oxygens (including phenoxy) is 2. The topological polar surface area (TPSA) is 47.6 Å². The molecule has 0 heterocycles. The summed E-state index contributed by atoms with van der Waals surface area (Å²) >= 11 is 1.13. The van der Waals surface area contributed by atoms with E-state index in [2.05, 4.69) is 5.32 Å². The molecule has 0 fully saturated rings. The number of rotatable bonds is 4. The quantitative estimate of drug-likeness (QED) is 0.863. The SMILES string of the molecule is COc1cc(NC(=O)Sc2ccccc2)cc(OC)c1. The van der Waals surface area contributed by atoms with E-state index in [0.29, 0.717) is 17.2 Å². The Hall–Kier alpha value is -2.14. The Kier molecular flexibility index (Phi) is 4.90. The monoisotopic (exact) mass is 289 g/mol. The molecule has 0 saturated heterocycles. The second kappa shape index (κ2) is 6.86. The first-order chi connectivity index (χ1) is 9.71. The molecule has 2 aromatic rings. The fourth-order valence-electron chi connectivity index (χ4n) is 1.62. The highest BCUT2D eigenvalue weighted by Gasteiger charge is 2.07. The van der Waals surface area contributed by atoms with Crippen LogP contribution in [-0.4, -0.2) is 19.5 Å². The molecule has 0 spiro atoms. The lowest BCUT2D eigenvalue weighted by atomic mass is 10.3. The summed E-state index contributed by atoms with van der Waals surface area (Å²) in [6.07, 6.45) is 0. The highest BCUT2D eigenvalue weighted by molar-refractivity contribution is 8.13. The van der Waals surface area contributed by atoms with Crippen LogP contribution in [0.2, 0.25) is 0 Å². The number of methoxy groups -OCH3 is 2. The van der Waals surface area contributed by atoms with Gasteiger partial charge in [0.25, 0.3) is 5.24 Å². The fraction of sp³-hybridized carbons (Fsp3) is 0.133. The van der Waals surface area contributed by atoms with Gasteiger partial charge < -0.3 is 14.8 Å². The van der Waals surface area contributed by atoms with Crippen LogP contribution in [-0.2, 0) is 0 Å².